The molecule has 2 aliphatic rings. The summed E-state index contributed by atoms with van der Waals surface area (Å²) in [5.74, 6) is 0.784. The van der Waals surface area contributed by atoms with Crippen molar-refractivity contribution in [1.82, 2.24) is 20.0 Å². The molecule has 0 saturated carbocycles. The molecule has 0 spiro atoms. The Kier molecular flexibility index (Phi) is 4.99. The van der Waals surface area contributed by atoms with Crippen LogP contribution in [0.25, 0.3) is 10.9 Å². The van der Waals surface area contributed by atoms with Crippen LogP contribution < -0.4 is 0 Å². The van der Waals surface area contributed by atoms with Crippen LogP contribution in [0.15, 0.2) is 24.3 Å². The molecule has 0 radical (unpaired) electrons. The van der Waals surface area contributed by atoms with Crippen LogP contribution in [0.2, 0.25) is 0 Å². The first-order chi connectivity index (χ1) is 12.3. The van der Waals surface area contributed by atoms with Crippen LogP contribution in [0.4, 0.5) is 0 Å². The van der Waals surface area contributed by atoms with Gasteiger partial charge in [0.05, 0.1) is 18.7 Å². The molecular formula is C19H26N4O2. The molecule has 1 aromatic carbocycles. The van der Waals surface area contributed by atoms with Gasteiger partial charge in [-0.15, -0.1) is 0 Å². The van der Waals surface area contributed by atoms with E-state index in [1.54, 1.807) is 0 Å². The van der Waals surface area contributed by atoms with Crippen LogP contribution in [-0.4, -0.2) is 71.8 Å². The van der Waals surface area contributed by atoms with Crippen LogP contribution in [0.5, 0.6) is 0 Å². The first kappa shape index (κ1) is 16.5. The third kappa shape index (κ3) is 3.70. The van der Waals surface area contributed by atoms with E-state index < -0.39 is 0 Å². The second kappa shape index (κ2) is 7.54. The number of aromatic nitrogens is 2. The van der Waals surface area contributed by atoms with Gasteiger partial charge in [-0.3, -0.25) is 14.8 Å². The lowest BCUT2D eigenvalue weighted by Crippen LogP contribution is -2.41. The molecule has 6 nitrogen and oxygen atoms in total. The summed E-state index contributed by atoms with van der Waals surface area (Å²) in [7, 11) is 0. The third-order valence-electron chi connectivity index (χ3n) is 5.53. The SMILES string of the molecule is O=C(c1n[nH]c2ccccc12)N1CCC(CCN2CCOCC2)CC1. The second-order valence-corrected chi connectivity index (χ2v) is 7.10. The number of likely N-dealkylation sites (tertiary alicyclic amines) is 1. The quantitative estimate of drug-likeness (QED) is 0.925. The molecule has 2 aromatic rings. The number of nitrogens with zero attached hydrogens (tertiary/aromatic N) is 3. The van der Waals surface area contributed by atoms with Gasteiger partial charge in [-0.1, -0.05) is 18.2 Å². The highest BCUT2D eigenvalue weighted by Gasteiger charge is 2.26. The normalized spacial score (nSPS) is 20.2. The van der Waals surface area contributed by atoms with E-state index in [0.717, 1.165) is 75.6 Å². The summed E-state index contributed by atoms with van der Waals surface area (Å²) in [4.78, 5) is 17.3. The minimum atomic E-state index is 0.0593. The number of carbonyl (C=O) groups excluding carboxylic acids is 1. The van der Waals surface area contributed by atoms with Crippen molar-refractivity contribution in [2.24, 2.45) is 5.92 Å². The van der Waals surface area contributed by atoms with Crippen LogP contribution in [0.1, 0.15) is 29.8 Å². The number of para-hydroxylation sites is 1. The molecule has 1 amide bonds. The maximum absolute atomic E-state index is 12.8. The van der Waals surface area contributed by atoms with E-state index >= 15 is 0 Å². The van der Waals surface area contributed by atoms with Crippen molar-refractivity contribution in [3.63, 3.8) is 0 Å². The van der Waals surface area contributed by atoms with Crippen molar-refractivity contribution in [1.29, 1.82) is 0 Å². The summed E-state index contributed by atoms with van der Waals surface area (Å²) < 4.78 is 5.40. The molecule has 0 aliphatic carbocycles. The van der Waals surface area contributed by atoms with Crippen molar-refractivity contribution in [2.75, 3.05) is 45.9 Å². The zero-order chi connectivity index (χ0) is 17.1. The number of amides is 1. The van der Waals surface area contributed by atoms with Gasteiger partial charge in [-0.2, -0.15) is 5.10 Å². The number of H-pyrrole nitrogens is 1. The molecule has 1 aromatic heterocycles. The van der Waals surface area contributed by atoms with Crippen molar-refractivity contribution in [2.45, 2.75) is 19.3 Å². The maximum atomic E-state index is 12.8. The van der Waals surface area contributed by atoms with Gasteiger partial charge in [-0.25, -0.2) is 0 Å². The molecule has 1 N–H and O–H groups in total. The van der Waals surface area contributed by atoms with Crippen molar-refractivity contribution in [3.05, 3.63) is 30.0 Å². The molecule has 0 bridgehead atoms. The van der Waals surface area contributed by atoms with Gasteiger partial charge < -0.3 is 9.64 Å². The van der Waals surface area contributed by atoms with Crippen LogP contribution >= 0.6 is 0 Å². The molecule has 2 aliphatic heterocycles. The minimum absolute atomic E-state index is 0.0593. The molecule has 0 atom stereocenters. The first-order valence-electron chi connectivity index (χ1n) is 9.34. The first-order valence-corrected chi connectivity index (χ1v) is 9.34. The van der Waals surface area contributed by atoms with Crippen LogP contribution in [0, 0.1) is 5.92 Å². The topological polar surface area (TPSA) is 61.5 Å². The average molecular weight is 342 g/mol. The van der Waals surface area contributed by atoms with Gasteiger partial charge in [0.1, 0.15) is 0 Å². The summed E-state index contributed by atoms with van der Waals surface area (Å²) >= 11 is 0. The number of nitrogens with one attached hydrogen (secondary N) is 1. The Morgan fingerprint density at radius 2 is 1.92 bits per heavy atom. The Morgan fingerprint density at radius 1 is 1.16 bits per heavy atom. The lowest BCUT2D eigenvalue weighted by atomic mass is 9.93. The number of fused-ring (bicyclic) bond motifs is 1. The summed E-state index contributed by atoms with van der Waals surface area (Å²) in [5, 5.41) is 8.13. The van der Waals surface area contributed by atoms with Gasteiger partial charge in [0, 0.05) is 31.6 Å². The fourth-order valence-electron chi connectivity index (χ4n) is 3.89. The average Bonchev–Trinajstić information content (AvgIpc) is 3.11. The maximum Gasteiger partial charge on any atom is 0.274 e. The van der Waals surface area contributed by atoms with E-state index in [-0.39, 0.29) is 5.91 Å². The summed E-state index contributed by atoms with van der Waals surface area (Å²) in [6.45, 7) is 6.69. The highest BCUT2D eigenvalue weighted by molar-refractivity contribution is 6.04. The highest BCUT2D eigenvalue weighted by atomic mass is 16.5. The van der Waals surface area contributed by atoms with Crippen LogP contribution in [-0.2, 0) is 4.74 Å². The highest BCUT2D eigenvalue weighted by Crippen LogP contribution is 2.24. The number of carbonyl (C=O) groups is 1. The molecule has 0 unspecified atom stereocenters. The van der Waals surface area contributed by atoms with Gasteiger partial charge >= 0.3 is 0 Å². The molecule has 2 saturated heterocycles. The number of rotatable bonds is 4. The predicted molar refractivity (Wildman–Crippen MR) is 96.6 cm³/mol. The summed E-state index contributed by atoms with van der Waals surface area (Å²) in [5.41, 5.74) is 1.48. The van der Waals surface area contributed by atoms with Crippen molar-refractivity contribution in [3.8, 4) is 0 Å². The molecular weight excluding hydrogens is 316 g/mol. The lowest BCUT2D eigenvalue weighted by molar-refractivity contribution is 0.0332. The van der Waals surface area contributed by atoms with E-state index in [9.17, 15) is 4.79 Å². The fraction of sp³-hybridized carbons (Fsp3) is 0.579. The largest absolute Gasteiger partial charge is 0.379 e. The minimum Gasteiger partial charge on any atom is -0.379 e. The Balaban J connectivity index is 1.30. The Labute approximate surface area is 148 Å². The van der Waals surface area contributed by atoms with Gasteiger partial charge in [0.25, 0.3) is 5.91 Å². The Morgan fingerprint density at radius 3 is 2.72 bits per heavy atom. The molecule has 25 heavy (non-hydrogen) atoms. The number of aromatic amines is 1. The second-order valence-electron chi connectivity index (χ2n) is 7.10. The van der Waals surface area contributed by atoms with E-state index in [1.807, 2.05) is 29.2 Å². The van der Waals surface area contributed by atoms with Crippen molar-refractivity contribution < 1.29 is 9.53 Å². The third-order valence-corrected chi connectivity index (χ3v) is 5.53. The lowest BCUT2D eigenvalue weighted by Gasteiger charge is -2.33. The standard InChI is InChI=1S/C19H26N4O2/c24-19(18-16-3-1-2-4-17(16)20-21-18)23-9-6-15(7-10-23)5-8-22-11-13-25-14-12-22/h1-4,15H,5-14H2,(H,20,21). The molecule has 6 heteroatoms. The number of morpholine rings is 1. The fourth-order valence-corrected chi connectivity index (χ4v) is 3.89. The number of hydrogen-bond acceptors (Lipinski definition) is 4. The smallest absolute Gasteiger partial charge is 0.274 e. The monoisotopic (exact) mass is 342 g/mol. The van der Waals surface area contributed by atoms with E-state index in [2.05, 4.69) is 15.1 Å². The van der Waals surface area contributed by atoms with Gasteiger partial charge in [0.2, 0.25) is 0 Å². The molecule has 2 fully saturated rings. The van der Waals surface area contributed by atoms with Crippen LogP contribution in [0.3, 0.4) is 0 Å². The molecule has 3 heterocycles. The zero-order valence-electron chi connectivity index (χ0n) is 14.6. The number of ether oxygens (including phenoxy) is 1. The predicted octanol–water partition coefficient (Wildman–Crippen LogP) is 2.14. The Bertz CT molecular complexity index is 715. The number of hydrogen-bond donors (Lipinski definition) is 1. The zero-order valence-corrected chi connectivity index (χ0v) is 14.6. The van der Waals surface area contributed by atoms with Gasteiger partial charge in [0.15, 0.2) is 5.69 Å². The Hall–Kier alpha value is -1.92. The van der Waals surface area contributed by atoms with Gasteiger partial charge in [-0.05, 0) is 37.8 Å². The summed E-state index contributed by atoms with van der Waals surface area (Å²) in [6, 6.07) is 7.82. The number of benzene rings is 1. The summed E-state index contributed by atoms with van der Waals surface area (Å²) in [6.07, 6.45) is 3.42. The molecule has 134 valence electrons. The van der Waals surface area contributed by atoms with E-state index in [1.165, 1.54) is 6.42 Å². The van der Waals surface area contributed by atoms with E-state index in [0.29, 0.717) is 5.69 Å². The molecule has 4 rings (SSSR count). The number of piperidine rings is 1. The van der Waals surface area contributed by atoms with Crippen molar-refractivity contribution >= 4 is 16.8 Å². The van der Waals surface area contributed by atoms with E-state index in [4.69, 9.17) is 4.74 Å².